The Kier molecular flexibility index (Phi) is 4.68. The Morgan fingerprint density at radius 3 is 2.87 bits per heavy atom. The maximum atomic E-state index is 12.0. The van der Waals surface area contributed by atoms with Crippen molar-refractivity contribution in [2.24, 2.45) is 0 Å². The summed E-state index contributed by atoms with van der Waals surface area (Å²) in [6.07, 6.45) is 4.65. The fourth-order valence-electron chi connectivity index (χ4n) is 2.46. The van der Waals surface area contributed by atoms with Gasteiger partial charge in [-0.05, 0) is 12.0 Å². The molecule has 0 bridgehead atoms. The molecule has 1 aliphatic rings. The third kappa shape index (κ3) is 3.95. The van der Waals surface area contributed by atoms with E-state index < -0.39 is 0 Å². The minimum Gasteiger partial charge on any atom is -0.353 e. The molecule has 0 aliphatic carbocycles. The molecule has 1 aromatic carbocycles. The average Bonchev–Trinajstić information content (AvgIpc) is 3.05. The highest BCUT2D eigenvalue weighted by molar-refractivity contribution is 5.85. The second-order valence-corrected chi connectivity index (χ2v) is 5.43. The highest BCUT2D eigenvalue weighted by atomic mass is 16.2. The van der Waals surface area contributed by atoms with Gasteiger partial charge in [0, 0.05) is 24.7 Å². The summed E-state index contributed by atoms with van der Waals surface area (Å²) in [5, 5.41) is 7.16. The molecule has 1 atom stereocenters. The molecule has 2 heterocycles. The fraction of sp³-hybridized carbons (Fsp3) is 0.312. The highest BCUT2D eigenvalue weighted by Crippen LogP contribution is 2.17. The van der Waals surface area contributed by atoms with Gasteiger partial charge in [-0.15, -0.1) is 0 Å². The normalized spacial score (nSPS) is 17.6. The van der Waals surface area contributed by atoms with Crippen LogP contribution in [0.5, 0.6) is 0 Å². The van der Waals surface area contributed by atoms with Crippen molar-refractivity contribution in [3.63, 3.8) is 0 Å². The number of carbonyl (C=O) groups is 2. The number of benzene rings is 1. The zero-order chi connectivity index (χ0) is 16.1. The molecule has 1 fully saturated rings. The lowest BCUT2D eigenvalue weighted by Gasteiger charge is -2.22. The van der Waals surface area contributed by atoms with E-state index in [4.69, 9.17) is 0 Å². The van der Waals surface area contributed by atoms with Gasteiger partial charge in [-0.3, -0.25) is 19.7 Å². The van der Waals surface area contributed by atoms with Gasteiger partial charge in [-0.2, -0.15) is 5.10 Å². The predicted molar refractivity (Wildman–Crippen MR) is 85.0 cm³/mol. The molecular weight excluding hydrogens is 294 g/mol. The molecule has 1 unspecified atom stereocenters. The second-order valence-electron chi connectivity index (χ2n) is 5.43. The van der Waals surface area contributed by atoms with Gasteiger partial charge in [-0.1, -0.05) is 30.3 Å². The van der Waals surface area contributed by atoms with Crippen molar-refractivity contribution in [3.8, 4) is 11.1 Å². The van der Waals surface area contributed by atoms with Crippen LogP contribution in [0.2, 0.25) is 0 Å². The van der Waals surface area contributed by atoms with Crippen molar-refractivity contribution < 1.29 is 9.59 Å². The maximum absolute atomic E-state index is 12.0. The Labute approximate surface area is 134 Å². The molecular formula is C16H19N5O2. The lowest BCUT2D eigenvalue weighted by molar-refractivity contribution is -0.128. The van der Waals surface area contributed by atoms with Gasteiger partial charge >= 0.3 is 0 Å². The number of hydrogen-bond acceptors (Lipinski definition) is 4. The smallest absolute Gasteiger partial charge is 0.239 e. The molecule has 120 valence electrons. The van der Waals surface area contributed by atoms with Gasteiger partial charge in [0.25, 0.3) is 0 Å². The molecule has 0 radical (unpaired) electrons. The first-order valence-corrected chi connectivity index (χ1v) is 7.62. The van der Waals surface area contributed by atoms with E-state index in [1.807, 2.05) is 42.7 Å². The molecule has 7 heteroatoms. The van der Waals surface area contributed by atoms with Crippen LogP contribution < -0.4 is 16.2 Å². The van der Waals surface area contributed by atoms with E-state index in [9.17, 15) is 9.59 Å². The van der Waals surface area contributed by atoms with Crippen LogP contribution in [0.1, 0.15) is 12.8 Å². The van der Waals surface area contributed by atoms with Crippen LogP contribution in [0.4, 0.5) is 0 Å². The third-order valence-electron chi connectivity index (χ3n) is 3.74. The predicted octanol–water partition coefficient (Wildman–Crippen LogP) is 0.449. The van der Waals surface area contributed by atoms with E-state index >= 15 is 0 Å². The summed E-state index contributed by atoms with van der Waals surface area (Å²) in [5.41, 5.74) is 7.35. The summed E-state index contributed by atoms with van der Waals surface area (Å²) in [5.74, 6) is -0.195. The first kappa shape index (κ1) is 15.2. The lowest BCUT2D eigenvalue weighted by Crippen LogP contribution is -2.55. The van der Waals surface area contributed by atoms with Crippen molar-refractivity contribution in [2.45, 2.75) is 25.4 Å². The highest BCUT2D eigenvalue weighted by Gasteiger charge is 2.23. The Balaban J connectivity index is 1.47. The van der Waals surface area contributed by atoms with Gasteiger partial charge in [0.15, 0.2) is 0 Å². The Bertz CT molecular complexity index is 673. The van der Waals surface area contributed by atoms with E-state index in [1.54, 1.807) is 4.68 Å². The molecule has 2 aromatic rings. The molecule has 1 aliphatic heterocycles. The molecule has 23 heavy (non-hydrogen) atoms. The molecule has 1 saturated heterocycles. The summed E-state index contributed by atoms with van der Waals surface area (Å²) in [6, 6.07) is 9.65. The minimum atomic E-state index is -0.370. The molecule has 3 rings (SSSR count). The van der Waals surface area contributed by atoms with Crippen molar-refractivity contribution in [3.05, 3.63) is 42.7 Å². The van der Waals surface area contributed by atoms with Gasteiger partial charge < -0.3 is 5.32 Å². The van der Waals surface area contributed by atoms with Crippen molar-refractivity contribution >= 4 is 11.8 Å². The SMILES string of the molecule is O=C1CCC(C(=O)NCCn2cc(-c3ccccc3)cn2)NN1. The van der Waals surface area contributed by atoms with Crippen LogP contribution in [-0.2, 0) is 16.1 Å². The quantitative estimate of drug-likeness (QED) is 0.748. The van der Waals surface area contributed by atoms with Gasteiger partial charge in [0.05, 0.1) is 12.7 Å². The van der Waals surface area contributed by atoms with Crippen LogP contribution >= 0.6 is 0 Å². The Hall–Kier alpha value is -2.67. The number of amides is 2. The Morgan fingerprint density at radius 2 is 2.13 bits per heavy atom. The summed E-state index contributed by atoms with van der Waals surface area (Å²) >= 11 is 0. The Morgan fingerprint density at radius 1 is 1.30 bits per heavy atom. The van der Waals surface area contributed by atoms with Crippen molar-refractivity contribution in [2.75, 3.05) is 6.54 Å². The van der Waals surface area contributed by atoms with Gasteiger partial charge in [0.1, 0.15) is 6.04 Å². The summed E-state index contributed by atoms with van der Waals surface area (Å²) in [7, 11) is 0. The van der Waals surface area contributed by atoms with Crippen LogP contribution in [0.3, 0.4) is 0 Å². The lowest BCUT2D eigenvalue weighted by atomic mass is 10.1. The largest absolute Gasteiger partial charge is 0.353 e. The number of nitrogens with zero attached hydrogens (tertiary/aromatic N) is 2. The van der Waals surface area contributed by atoms with E-state index in [0.29, 0.717) is 25.9 Å². The number of hydrazine groups is 1. The topological polar surface area (TPSA) is 88.0 Å². The number of nitrogens with one attached hydrogen (secondary N) is 3. The number of rotatable bonds is 5. The zero-order valence-electron chi connectivity index (χ0n) is 12.7. The van der Waals surface area contributed by atoms with Crippen LogP contribution in [0.15, 0.2) is 42.7 Å². The average molecular weight is 313 g/mol. The molecule has 2 amide bonds. The summed E-state index contributed by atoms with van der Waals surface area (Å²) in [6.45, 7) is 1.08. The number of hydrogen-bond donors (Lipinski definition) is 3. The summed E-state index contributed by atoms with van der Waals surface area (Å²) in [4.78, 5) is 23.0. The van der Waals surface area contributed by atoms with E-state index in [0.717, 1.165) is 11.1 Å². The fourth-order valence-corrected chi connectivity index (χ4v) is 2.46. The van der Waals surface area contributed by atoms with Crippen LogP contribution in [-0.4, -0.2) is 34.2 Å². The van der Waals surface area contributed by atoms with E-state index in [2.05, 4.69) is 21.3 Å². The van der Waals surface area contributed by atoms with Crippen LogP contribution in [0.25, 0.3) is 11.1 Å². The molecule has 3 N–H and O–H groups in total. The molecule has 7 nitrogen and oxygen atoms in total. The number of aromatic nitrogens is 2. The van der Waals surface area contributed by atoms with Gasteiger partial charge in [0.2, 0.25) is 11.8 Å². The van der Waals surface area contributed by atoms with E-state index in [-0.39, 0.29) is 17.9 Å². The van der Waals surface area contributed by atoms with Crippen molar-refractivity contribution in [1.29, 1.82) is 0 Å². The standard InChI is InChI=1S/C16H19N5O2/c22-15-7-6-14(19-20-15)16(23)17-8-9-21-11-13(10-18-21)12-4-2-1-3-5-12/h1-5,10-11,14,19H,6-9H2,(H,17,23)(H,20,22). The van der Waals surface area contributed by atoms with Crippen LogP contribution in [0, 0.1) is 0 Å². The molecule has 0 saturated carbocycles. The minimum absolute atomic E-state index is 0.0842. The maximum Gasteiger partial charge on any atom is 0.239 e. The van der Waals surface area contributed by atoms with Crippen molar-refractivity contribution in [1.82, 2.24) is 25.9 Å². The molecule has 0 spiro atoms. The number of carbonyl (C=O) groups excluding carboxylic acids is 2. The first-order chi connectivity index (χ1) is 11.2. The monoisotopic (exact) mass is 313 g/mol. The second kappa shape index (κ2) is 7.06. The van der Waals surface area contributed by atoms with Gasteiger partial charge in [-0.25, -0.2) is 5.43 Å². The molecule has 1 aromatic heterocycles. The first-order valence-electron chi connectivity index (χ1n) is 7.62. The zero-order valence-corrected chi connectivity index (χ0v) is 12.7. The summed E-state index contributed by atoms with van der Waals surface area (Å²) < 4.78 is 1.80. The van der Waals surface area contributed by atoms with E-state index in [1.165, 1.54) is 0 Å². The third-order valence-corrected chi connectivity index (χ3v) is 3.74.